The van der Waals surface area contributed by atoms with Gasteiger partial charge in [-0.25, -0.2) is 0 Å². The second kappa shape index (κ2) is 10.3. The van der Waals surface area contributed by atoms with E-state index in [1.54, 1.807) is 17.1 Å². The Morgan fingerprint density at radius 3 is 1.95 bits per heavy atom. The molecule has 1 aromatic heterocycles. The number of hydrogen-bond donors (Lipinski definition) is 0. The van der Waals surface area contributed by atoms with E-state index in [2.05, 4.69) is 46.7 Å². The van der Waals surface area contributed by atoms with E-state index in [0.717, 1.165) is 28.7 Å². The molecule has 0 saturated carbocycles. The van der Waals surface area contributed by atoms with Crippen LogP contribution in [-0.4, -0.2) is 31.7 Å². The molecule has 5 aromatic rings. The number of nitro benzene ring substituents is 1. The first-order valence-corrected chi connectivity index (χ1v) is 12.7. The number of nitrogens with zero attached hydrogens (tertiary/aromatic N) is 5. The second-order valence-electron chi connectivity index (χ2n) is 9.33. The molecular weight excluding hydrogens is 490 g/mol. The Labute approximate surface area is 225 Å². The fourth-order valence-corrected chi connectivity index (χ4v) is 5.29. The SMILES string of the molecule is O=[N+]([O-])c1ccc(C2C=COCC2)c(-c2nnn(C(c3ccccc3)(c3ccccc3)c3ccccc3)n2)c1. The molecule has 1 atom stereocenters. The number of tetrazole rings is 1. The lowest BCUT2D eigenvalue weighted by molar-refractivity contribution is -0.384. The average molecular weight is 516 g/mol. The molecule has 6 rings (SSSR count). The van der Waals surface area contributed by atoms with Crippen molar-refractivity contribution in [2.75, 3.05) is 6.61 Å². The third kappa shape index (κ3) is 4.35. The van der Waals surface area contributed by atoms with Crippen LogP contribution in [0.2, 0.25) is 0 Å². The maximum Gasteiger partial charge on any atom is 0.270 e. The topological polar surface area (TPSA) is 96.0 Å². The zero-order valence-electron chi connectivity index (χ0n) is 21.0. The molecule has 0 fully saturated rings. The smallest absolute Gasteiger partial charge is 0.270 e. The fourth-order valence-electron chi connectivity index (χ4n) is 5.29. The van der Waals surface area contributed by atoms with Gasteiger partial charge in [0.1, 0.15) is 0 Å². The molecule has 0 aliphatic carbocycles. The summed E-state index contributed by atoms with van der Waals surface area (Å²) in [6.45, 7) is 0.566. The number of allylic oxidation sites excluding steroid dienone is 1. The Balaban J connectivity index is 1.60. The minimum absolute atomic E-state index is 0.0173. The number of benzene rings is 4. The number of rotatable bonds is 7. The van der Waals surface area contributed by atoms with Crippen LogP contribution in [0.15, 0.2) is 122 Å². The zero-order valence-corrected chi connectivity index (χ0v) is 21.0. The molecule has 192 valence electrons. The molecule has 8 nitrogen and oxygen atoms in total. The maximum absolute atomic E-state index is 11.7. The number of aromatic nitrogens is 4. The van der Waals surface area contributed by atoms with Crippen molar-refractivity contribution in [1.82, 2.24) is 20.2 Å². The van der Waals surface area contributed by atoms with Crippen molar-refractivity contribution in [1.29, 1.82) is 0 Å². The van der Waals surface area contributed by atoms with E-state index in [-0.39, 0.29) is 11.6 Å². The van der Waals surface area contributed by atoms with Crippen LogP contribution in [-0.2, 0) is 10.3 Å². The molecule has 0 saturated heterocycles. The van der Waals surface area contributed by atoms with Crippen LogP contribution in [0.25, 0.3) is 11.4 Å². The highest BCUT2D eigenvalue weighted by Crippen LogP contribution is 2.41. The zero-order chi connectivity index (χ0) is 26.7. The van der Waals surface area contributed by atoms with Crippen LogP contribution < -0.4 is 0 Å². The van der Waals surface area contributed by atoms with Gasteiger partial charge < -0.3 is 4.74 Å². The lowest BCUT2D eigenvalue weighted by Gasteiger charge is -2.34. The Morgan fingerprint density at radius 2 is 1.44 bits per heavy atom. The van der Waals surface area contributed by atoms with E-state index in [1.165, 1.54) is 12.1 Å². The molecular formula is C31H25N5O3. The van der Waals surface area contributed by atoms with Crippen LogP contribution >= 0.6 is 0 Å². The fraction of sp³-hybridized carbons (Fsp3) is 0.129. The summed E-state index contributed by atoms with van der Waals surface area (Å²) in [5.74, 6) is 0.337. The highest BCUT2D eigenvalue weighted by Gasteiger charge is 2.41. The van der Waals surface area contributed by atoms with Crippen molar-refractivity contribution in [2.24, 2.45) is 0 Å². The van der Waals surface area contributed by atoms with Gasteiger partial charge >= 0.3 is 0 Å². The van der Waals surface area contributed by atoms with Crippen LogP contribution in [0.5, 0.6) is 0 Å². The first kappa shape index (κ1) is 24.2. The molecule has 4 aromatic carbocycles. The van der Waals surface area contributed by atoms with Crippen LogP contribution in [0, 0.1) is 10.1 Å². The van der Waals surface area contributed by atoms with Gasteiger partial charge in [0.05, 0.1) is 17.8 Å². The van der Waals surface area contributed by atoms with Crippen LogP contribution in [0.4, 0.5) is 5.69 Å². The summed E-state index contributed by atoms with van der Waals surface area (Å²) in [7, 11) is 0. The van der Waals surface area contributed by atoms with Gasteiger partial charge in [-0.3, -0.25) is 10.1 Å². The van der Waals surface area contributed by atoms with Crippen molar-refractivity contribution >= 4 is 5.69 Å². The molecule has 0 N–H and O–H groups in total. The highest BCUT2D eigenvalue weighted by atomic mass is 16.6. The average Bonchev–Trinajstić information content (AvgIpc) is 3.50. The third-order valence-corrected chi connectivity index (χ3v) is 7.13. The molecule has 2 heterocycles. The van der Waals surface area contributed by atoms with Crippen molar-refractivity contribution in [3.8, 4) is 11.4 Å². The Bertz CT molecular complexity index is 1520. The lowest BCUT2D eigenvalue weighted by Crippen LogP contribution is -2.39. The minimum atomic E-state index is -0.936. The van der Waals surface area contributed by atoms with E-state index < -0.39 is 10.5 Å². The predicted molar refractivity (Wildman–Crippen MR) is 147 cm³/mol. The summed E-state index contributed by atoms with van der Waals surface area (Å²) in [6, 6.07) is 35.0. The van der Waals surface area contributed by atoms with Crippen molar-refractivity contribution in [2.45, 2.75) is 17.9 Å². The van der Waals surface area contributed by atoms with Crippen molar-refractivity contribution < 1.29 is 9.66 Å². The lowest BCUT2D eigenvalue weighted by atomic mass is 9.77. The Kier molecular flexibility index (Phi) is 6.42. The summed E-state index contributed by atoms with van der Waals surface area (Å²) in [6.07, 6.45) is 4.38. The molecule has 0 bridgehead atoms. The largest absolute Gasteiger partial charge is 0.501 e. The van der Waals surface area contributed by atoms with Gasteiger partial charge in [-0.15, -0.1) is 15.0 Å². The highest BCUT2D eigenvalue weighted by molar-refractivity contribution is 5.65. The van der Waals surface area contributed by atoms with Gasteiger partial charge in [-0.2, -0.15) is 0 Å². The minimum Gasteiger partial charge on any atom is -0.501 e. The standard InChI is InChI=1S/C31H25N5O3/c37-35(38)27-16-17-28(23-18-20-39-21-19-23)29(22-27)30-32-34-36(33-30)31(24-10-4-1-5-11-24,25-12-6-2-7-13-25)26-14-8-3-9-15-26/h1-18,20,22-23H,19,21H2. The number of hydrogen-bond acceptors (Lipinski definition) is 6. The van der Waals surface area contributed by atoms with E-state index in [0.29, 0.717) is 18.0 Å². The predicted octanol–water partition coefficient (Wildman–Crippen LogP) is 6.11. The molecule has 0 radical (unpaired) electrons. The van der Waals surface area contributed by atoms with Gasteiger partial charge in [0, 0.05) is 23.6 Å². The number of non-ortho nitro benzene ring substituents is 1. The van der Waals surface area contributed by atoms with Gasteiger partial charge in [-0.05, 0) is 40.0 Å². The summed E-state index contributed by atoms with van der Waals surface area (Å²) in [4.78, 5) is 12.9. The van der Waals surface area contributed by atoms with Crippen molar-refractivity contribution in [3.05, 3.63) is 154 Å². The van der Waals surface area contributed by atoms with Crippen LogP contribution in [0.1, 0.15) is 34.6 Å². The Hall–Kier alpha value is -5.11. The molecule has 0 amide bonds. The first-order chi connectivity index (χ1) is 19.2. The maximum atomic E-state index is 11.7. The molecule has 0 spiro atoms. The normalized spacial score (nSPS) is 15.0. The van der Waals surface area contributed by atoms with Gasteiger partial charge in [0.25, 0.3) is 5.69 Å². The third-order valence-electron chi connectivity index (χ3n) is 7.13. The second-order valence-corrected chi connectivity index (χ2v) is 9.33. The molecule has 1 aliphatic rings. The molecule has 1 aliphatic heterocycles. The monoisotopic (exact) mass is 515 g/mol. The Morgan fingerprint density at radius 1 is 0.846 bits per heavy atom. The molecule has 39 heavy (non-hydrogen) atoms. The number of ether oxygens (including phenoxy) is 1. The van der Waals surface area contributed by atoms with Gasteiger partial charge in [0.2, 0.25) is 5.82 Å². The van der Waals surface area contributed by atoms with Gasteiger partial charge in [-0.1, -0.05) is 97.1 Å². The van der Waals surface area contributed by atoms with E-state index in [9.17, 15) is 10.1 Å². The molecule has 8 heteroatoms. The van der Waals surface area contributed by atoms with Gasteiger partial charge in [0.15, 0.2) is 5.54 Å². The van der Waals surface area contributed by atoms with Crippen LogP contribution in [0.3, 0.4) is 0 Å². The summed E-state index contributed by atoms with van der Waals surface area (Å²) in [5.41, 5.74) is 3.38. The molecule has 1 unspecified atom stereocenters. The summed E-state index contributed by atoms with van der Waals surface area (Å²) < 4.78 is 5.39. The van der Waals surface area contributed by atoms with E-state index >= 15 is 0 Å². The number of nitro groups is 1. The quantitative estimate of drug-likeness (QED) is 0.147. The summed E-state index contributed by atoms with van der Waals surface area (Å²) >= 11 is 0. The van der Waals surface area contributed by atoms with E-state index in [4.69, 9.17) is 9.84 Å². The first-order valence-electron chi connectivity index (χ1n) is 12.7. The van der Waals surface area contributed by atoms with Crippen molar-refractivity contribution in [3.63, 3.8) is 0 Å². The summed E-state index contributed by atoms with van der Waals surface area (Å²) in [5, 5.41) is 25.8. The van der Waals surface area contributed by atoms with E-state index in [1.807, 2.05) is 60.7 Å².